The van der Waals surface area contributed by atoms with Crippen molar-refractivity contribution in [2.24, 2.45) is 0 Å². The van der Waals surface area contributed by atoms with Gasteiger partial charge in [-0.2, -0.15) is 15.0 Å². The molecule has 108 valence electrons. The standard InChI is InChI=1S/C13H24ClN5/c1-6-13(5,7-2)18-11-15-10(14)16-12(17-11)19(8-3)9-4/h6-9H2,1-5H3,(H,15,16,17,18). The Bertz CT molecular complexity index is 402. The van der Waals surface area contributed by atoms with Crippen LogP contribution in [0.2, 0.25) is 5.28 Å². The van der Waals surface area contributed by atoms with E-state index in [0.717, 1.165) is 25.9 Å². The van der Waals surface area contributed by atoms with Gasteiger partial charge in [0, 0.05) is 18.6 Å². The Morgan fingerprint density at radius 1 is 1.05 bits per heavy atom. The third-order valence-electron chi connectivity index (χ3n) is 3.62. The predicted octanol–water partition coefficient (Wildman–Crippen LogP) is 3.36. The maximum absolute atomic E-state index is 5.99. The first-order chi connectivity index (χ1) is 8.97. The Morgan fingerprint density at radius 3 is 2.11 bits per heavy atom. The molecule has 0 aliphatic carbocycles. The van der Waals surface area contributed by atoms with E-state index in [0.29, 0.717) is 11.9 Å². The monoisotopic (exact) mass is 285 g/mol. The Hall–Kier alpha value is -1.10. The third kappa shape index (κ3) is 4.20. The van der Waals surface area contributed by atoms with E-state index in [1.165, 1.54) is 0 Å². The molecule has 1 aromatic heterocycles. The lowest BCUT2D eigenvalue weighted by Crippen LogP contribution is -2.34. The maximum Gasteiger partial charge on any atom is 0.231 e. The van der Waals surface area contributed by atoms with Crippen molar-refractivity contribution in [3.63, 3.8) is 0 Å². The number of rotatable bonds is 7. The maximum atomic E-state index is 5.99. The van der Waals surface area contributed by atoms with Crippen molar-refractivity contribution in [2.75, 3.05) is 23.3 Å². The lowest BCUT2D eigenvalue weighted by Gasteiger charge is -2.28. The summed E-state index contributed by atoms with van der Waals surface area (Å²) >= 11 is 5.99. The Morgan fingerprint density at radius 2 is 1.63 bits per heavy atom. The molecule has 19 heavy (non-hydrogen) atoms. The highest BCUT2D eigenvalue weighted by Crippen LogP contribution is 2.21. The first-order valence-corrected chi connectivity index (χ1v) is 7.30. The van der Waals surface area contributed by atoms with Crippen molar-refractivity contribution in [2.45, 2.75) is 53.0 Å². The molecule has 0 radical (unpaired) electrons. The number of halogens is 1. The van der Waals surface area contributed by atoms with Gasteiger partial charge in [-0.05, 0) is 45.2 Å². The van der Waals surface area contributed by atoms with Crippen LogP contribution in [-0.2, 0) is 0 Å². The molecular formula is C13H24ClN5. The lowest BCUT2D eigenvalue weighted by molar-refractivity contribution is 0.474. The van der Waals surface area contributed by atoms with Crippen LogP contribution in [0.15, 0.2) is 0 Å². The molecule has 0 unspecified atom stereocenters. The van der Waals surface area contributed by atoms with Crippen molar-refractivity contribution in [1.29, 1.82) is 0 Å². The van der Waals surface area contributed by atoms with Gasteiger partial charge >= 0.3 is 0 Å². The minimum atomic E-state index is -0.0226. The van der Waals surface area contributed by atoms with Crippen LogP contribution < -0.4 is 10.2 Å². The SMILES string of the molecule is CCN(CC)c1nc(Cl)nc(NC(C)(CC)CC)n1. The summed E-state index contributed by atoms with van der Waals surface area (Å²) in [5.41, 5.74) is -0.0226. The smallest absolute Gasteiger partial charge is 0.231 e. The molecule has 0 amide bonds. The number of nitrogens with zero attached hydrogens (tertiary/aromatic N) is 4. The molecule has 0 spiro atoms. The molecule has 0 saturated heterocycles. The number of aromatic nitrogens is 3. The van der Waals surface area contributed by atoms with E-state index in [1.807, 2.05) is 4.90 Å². The highest BCUT2D eigenvalue weighted by atomic mass is 35.5. The van der Waals surface area contributed by atoms with Crippen molar-refractivity contribution < 1.29 is 0 Å². The number of hydrogen-bond donors (Lipinski definition) is 1. The van der Waals surface area contributed by atoms with Gasteiger partial charge in [-0.15, -0.1) is 0 Å². The zero-order chi connectivity index (χ0) is 14.5. The van der Waals surface area contributed by atoms with E-state index in [9.17, 15) is 0 Å². The van der Waals surface area contributed by atoms with Crippen molar-refractivity contribution in [3.05, 3.63) is 5.28 Å². The molecule has 0 saturated carbocycles. The average Bonchev–Trinajstić information content (AvgIpc) is 2.39. The van der Waals surface area contributed by atoms with Gasteiger partial charge in [0.25, 0.3) is 0 Å². The summed E-state index contributed by atoms with van der Waals surface area (Å²) in [5, 5.41) is 3.60. The number of hydrogen-bond acceptors (Lipinski definition) is 5. The first-order valence-electron chi connectivity index (χ1n) is 6.92. The quantitative estimate of drug-likeness (QED) is 0.832. The predicted molar refractivity (Wildman–Crippen MR) is 81.0 cm³/mol. The average molecular weight is 286 g/mol. The van der Waals surface area contributed by atoms with Gasteiger partial charge in [-0.25, -0.2) is 0 Å². The summed E-state index contributed by atoms with van der Waals surface area (Å²) in [5.74, 6) is 1.18. The fourth-order valence-corrected chi connectivity index (χ4v) is 1.90. The van der Waals surface area contributed by atoms with Gasteiger partial charge in [-0.3, -0.25) is 0 Å². The summed E-state index contributed by atoms with van der Waals surface area (Å²) in [4.78, 5) is 14.9. The van der Waals surface area contributed by atoms with Crippen LogP contribution in [0.25, 0.3) is 0 Å². The number of anilines is 2. The van der Waals surface area contributed by atoms with E-state index in [4.69, 9.17) is 11.6 Å². The van der Waals surface area contributed by atoms with E-state index < -0.39 is 0 Å². The van der Waals surface area contributed by atoms with Crippen molar-refractivity contribution in [1.82, 2.24) is 15.0 Å². The zero-order valence-corrected chi connectivity index (χ0v) is 13.3. The molecule has 1 N–H and O–H groups in total. The van der Waals surface area contributed by atoms with E-state index in [2.05, 4.69) is 54.9 Å². The second-order valence-corrected chi connectivity index (χ2v) is 5.13. The number of nitrogens with one attached hydrogen (secondary N) is 1. The van der Waals surface area contributed by atoms with E-state index in [1.54, 1.807) is 0 Å². The lowest BCUT2D eigenvalue weighted by atomic mass is 9.96. The third-order valence-corrected chi connectivity index (χ3v) is 3.79. The minimum absolute atomic E-state index is 0.0226. The second-order valence-electron chi connectivity index (χ2n) is 4.79. The van der Waals surface area contributed by atoms with Gasteiger partial charge < -0.3 is 10.2 Å². The van der Waals surface area contributed by atoms with Crippen LogP contribution in [0.5, 0.6) is 0 Å². The highest BCUT2D eigenvalue weighted by Gasteiger charge is 2.21. The molecule has 0 aromatic carbocycles. The van der Waals surface area contributed by atoms with Crippen molar-refractivity contribution >= 4 is 23.5 Å². The summed E-state index contributed by atoms with van der Waals surface area (Å²) in [6.45, 7) is 12.3. The highest BCUT2D eigenvalue weighted by molar-refractivity contribution is 6.28. The van der Waals surface area contributed by atoms with Gasteiger partial charge in [0.2, 0.25) is 17.2 Å². The summed E-state index contributed by atoms with van der Waals surface area (Å²) in [7, 11) is 0. The normalized spacial score (nSPS) is 11.5. The Balaban J connectivity index is 3.03. The fraction of sp³-hybridized carbons (Fsp3) is 0.769. The van der Waals surface area contributed by atoms with Gasteiger partial charge in [0.1, 0.15) is 0 Å². The van der Waals surface area contributed by atoms with E-state index in [-0.39, 0.29) is 10.8 Å². The van der Waals surface area contributed by atoms with Gasteiger partial charge in [0.05, 0.1) is 0 Å². The second kappa shape index (κ2) is 6.89. The van der Waals surface area contributed by atoms with E-state index >= 15 is 0 Å². The molecule has 6 heteroatoms. The molecule has 1 heterocycles. The van der Waals surface area contributed by atoms with Crippen LogP contribution >= 0.6 is 11.6 Å². The first kappa shape index (κ1) is 16.0. The summed E-state index contributed by atoms with van der Waals surface area (Å²) < 4.78 is 0. The summed E-state index contributed by atoms with van der Waals surface area (Å²) in [6, 6.07) is 0. The van der Waals surface area contributed by atoms with Crippen LogP contribution in [0, 0.1) is 0 Å². The molecule has 0 aliphatic heterocycles. The minimum Gasteiger partial charge on any atom is -0.349 e. The van der Waals surface area contributed by atoms with Crippen molar-refractivity contribution in [3.8, 4) is 0 Å². The fourth-order valence-electron chi connectivity index (χ4n) is 1.74. The molecule has 0 aliphatic rings. The summed E-state index contributed by atoms with van der Waals surface area (Å²) in [6.07, 6.45) is 1.99. The van der Waals surface area contributed by atoms with Gasteiger partial charge in [0.15, 0.2) is 0 Å². The Labute approximate surface area is 120 Å². The molecule has 0 bridgehead atoms. The van der Waals surface area contributed by atoms with Crippen LogP contribution in [0.3, 0.4) is 0 Å². The zero-order valence-electron chi connectivity index (χ0n) is 12.5. The molecule has 5 nitrogen and oxygen atoms in total. The molecular weight excluding hydrogens is 262 g/mol. The van der Waals surface area contributed by atoms with Crippen LogP contribution in [0.4, 0.5) is 11.9 Å². The van der Waals surface area contributed by atoms with Crippen LogP contribution in [0.1, 0.15) is 47.5 Å². The molecule has 1 rings (SSSR count). The topological polar surface area (TPSA) is 53.9 Å². The van der Waals surface area contributed by atoms with Crippen LogP contribution in [-0.4, -0.2) is 33.6 Å². The molecule has 1 aromatic rings. The molecule has 0 fully saturated rings. The molecule has 0 atom stereocenters. The van der Waals surface area contributed by atoms with Gasteiger partial charge in [-0.1, -0.05) is 13.8 Å². The Kier molecular flexibility index (Phi) is 5.79. The largest absolute Gasteiger partial charge is 0.349 e.